The molecule has 3 rings (SSSR count). The smallest absolute Gasteiger partial charge is 0.343 e. The van der Waals surface area contributed by atoms with E-state index in [-0.39, 0.29) is 11.9 Å². The van der Waals surface area contributed by atoms with Crippen LogP contribution in [0.15, 0.2) is 66.7 Å². The van der Waals surface area contributed by atoms with Crippen LogP contribution >= 0.6 is 0 Å². The molecule has 8 nitrogen and oxygen atoms in total. The Balaban J connectivity index is 0.000000466. The Hall–Kier alpha value is -3.49. The van der Waals surface area contributed by atoms with Gasteiger partial charge in [0.15, 0.2) is 0 Å². The number of carboxylic acid groups (broad SMARTS) is 2. The summed E-state index contributed by atoms with van der Waals surface area (Å²) < 4.78 is 5.48. The van der Waals surface area contributed by atoms with Gasteiger partial charge in [-0.15, -0.1) is 0 Å². The van der Waals surface area contributed by atoms with Gasteiger partial charge in [-0.1, -0.05) is 49.6 Å². The Morgan fingerprint density at radius 1 is 0.914 bits per heavy atom. The Morgan fingerprint density at radius 3 is 1.94 bits per heavy atom. The van der Waals surface area contributed by atoms with Gasteiger partial charge in [0.05, 0.1) is 11.2 Å². The van der Waals surface area contributed by atoms with Gasteiger partial charge >= 0.3 is 17.9 Å². The van der Waals surface area contributed by atoms with Crippen LogP contribution in [0, 0.1) is 0 Å². The first-order valence-corrected chi connectivity index (χ1v) is 11.5. The van der Waals surface area contributed by atoms with E-state index in [9.17, 15) is 19.5 Å². The molecule has 0 aromatic heterocycles. The molecule has 1 aliphatic rings. The average Bonchev–Trinajstić information content (AvgIpc) is 2.83. The second-order valence-corrected chi connectivity index (χ2v) is 8.81. The van der Waals surface area contributed by atoms with Crippen LogP contribution in [0.3, 0.4) is 0 Å². The van der Waals surface area contributed by atoms with Crippen LogP contribution in [0.5, 0.6) is 5.75 Å². The zero-order chi connectivity index (χ0) is 25.8. The molecule has 0 spiro atoms. The largest absolute Gasteiger partial charge is 0.478 e. The molecule has 0 radical (unpaired) electrons. The zero-order valence-corrected chi connectivity index (χ0v) is 20.1. The van der Waals surface area contributed by atoms with Crippen molar-refractivity contribution >= 4 is 17.9 Å². The van der Waals surface area contributed by atoms with Crippen LogP contribution in [-0.4, -0.2) is 64.4 Å². The second kappa shape index (κ2) is 13.4. The predicted octanol–water partition coefficient (Wildman–Crippen LogP) is 3.96. The number of carbonyl (C=O) groups is 3. The van der Waals surface area contributed by atoms with Crippen molar-refractivity contribution in [2.45, 2.75) is 43.6 Å². The molecule has 0 amide bonds. The van der Waals surface area contributed by atoms with Gasteiger partial charge in [0, 0.05) is 24.6 Å². The SMILES string of the molecule is CN(C)CC(c1ccc(OC(=O)c2ccccc2)cc1)C1(O)CCCCC1.O=C(O)/C=C/C(=O)O. The maximum atomic E-state index is 12.2. The normalized spacial score (nSPS) is 15.7. The summed E-state index contributed by atoms with van der Waals surface area (Å²) >= 11 is 0. The van der Waals surface area contributed by atoms with E-state index in [2.05, 4.69) is 4.90 Å². The number of aliphatic carboxylic acids is 2. The van der Waals surface area contributed by atoms with Crippen molar-refractivity contribution in [3.63, 3.8) is 0 Å². The van der Waals surface area contributed by atoms with Crippen molar-refractivity contribution in [3.8, 4) is 5.75 Å². The molecule has 0 saturated heterocycles. The summed E-state index contributed by atoms with van der Waals surface area (Å²) in [5.74, 6) is -2.31. The van der Waals surface area contributed by atoms with Crippen LogP contribution in [0.25, 0.3) is 0 Å². The van der Waals surface area contributed by atoms with Crippen molar-refractivity contribution in [1.29, 1.82) is 0 Å². The zero-order valence-electron chi connectivity index (χ0n) is 20.1. The van der Waals surface area contributed by atoms with Gasteiger partial charge in [0.25, 0.3) is 0 Å². The monoisotopic (exact) mass is 483 g/mol. The quantitative estimate of drug-likeness (QED) is 0.293. The lowest BCUT2D eigenvalue weighted by atomic mass is 9.72. The van der Waals surface area contributed by atoms with E-state index in [1.54, 1.807) is 12.1 Å². The number of nitrogens with zero attached hydrogens (tertiary/aromatic N) is 1. The summed E-state index contributed by atoms with van der Waals surface area (Å²) in [6.45, 7) is 0.791. The fraction of sp³-hybridized carbons (Fsp3) is 0.370. The molecule has 0 bridgehead atoms. The second-order valence-electron chi connectivity index (χ2n) is 8.81. The maximum absolute atomic E-state index is 12.2. The molecule has 2 aromatic carbocycles. The van der Waals surface area contributed by atoms with Crippen molar-refractivity contribution < 1.29 is 34.4 Å². The lowest BCUT2D eigenvalue weighted by Crippen LogP contribution is -2.42. The van der Waals surface area contributed by atoms with Crippen LogP contribution in [0.2, 0.25) is 0 Å². The Morgan fingerprint density at radius 2 is 1.46 bits per heavy atom. The van der Waals surface area contributed by atoms with E-state index in [0.29, 0.717) is 23.5 Å². The van der Waals surface area contributed by atoms with Gasteiger partial charge < -0.3 is 25.0 Å². The number of benzene rings is 2. The van der Waals surface area contributed by atoms with Crippen molar-refractivity contribution in [2.24, 2.45) is 0 Å². The number of carboxylic acids is 2. The highest BCUT2D eigenvalue weighted by atomic mass is 16.5. The summed E-state index contributed by atoms with van der Waals surface area (Å²) in [7, 11) is 4.07. The number of carbonyl (C=O) groups excluding carboxylic acids is 1. The minimum Gasteiger partial charge on any atom is -0.478 e. The molecular weight excluding hydrogens is 450 g/mol. The van der Waals surface area contributed by atoms with Gasteiger partial charge in [-0.05, 0) is 56.8 Å². The first-order chi connectivity index (χ1) is 16.6. The van der Waals surface area contributed by atoms with Gasteiger partial charge in [0.1, 0.15) is 5.75 Å². The fourth-order valence-corrected chi connectivity index (χ4v) is 4.11. The van der Waals surface area contributed by atoms with E-state index in [1.807, 2.05) is 56.6 Å². The van der Waals surface area contributed by atoms with Gasteiger partial charge in [0.2, 0.25) is 0 Å². The molecule has 2 aromatic rings. The summed E-state index contributed by atoms with van der Waals surface area (Å²) in [4.78, 5) is 33.4. The van der Waals surface area contributed by atoms with Gasteiger partial charge in [-0.3, -0.25) is 0 Å². The molecule has 8 heteroatoms. The summed E-state index contributed by atoms with van der Waals surface area (Å²) in [6, 6.07) is 16.6. The molecule has 1 fully saturated rings. The van der Waals surface area contributed by atoms with E-state index in [4.69, 9.17) is 14.9 Å². The lowest BCUT2D eigenvalue weighted by Gasteiger charge is -2.40. The molecule has 1 atom stereocenters. The highest BCUT2D eigenvalue weighted by Crippen LogP contribution is 2.40. The number of likely N-dealkylation sites (N-methyl/N-ethyl adjacent to an activating group) is 1. The van der Waals surface area contributed by atoms with E-state index in [0.717, 1.165) is 37.8 Å². The van der Waals surface area contributed by atoms with Crippen molar-refractivity contribution in [2.75, 3.05) is 20.6 Å². The molecule has 0 heterocycles. The molecule has 3 N–H and O–H groups in total. The third-order valence-corrected chi connectivity index (χ3v) is 5.79. The molecule has 1 unspecified atom stereocenters. The summed E-state index contributed by atoms with van der Waals surface area (Å²) in [5, 5.41) is 26.9. The van der Waals surface area contributed by atoms with Gasteiger partial charge in [-0.25, -0.2) is 14.4 Å². The minimum absolute atomic E-state index is 0.0478. The Bertz CT molecular complexity index is 978. The van der Waals surface area contributed by atoms with Crippen molar-refractivity contribution in [3.05, 3.63) is 77.9 Å². The fourth-order valence-electron chi connectivity index (χ4n) is 4.11. The number of ether oxygens (including phenoxy) is 1. The van der Waals surface area contributed by atoms with Gasteiger partial charge in [-0.2, -0.15) is 0 Å². The van der Waals surface area contributed by atoms with Crippen LogP contribution < -0.4 is 4.74 Å². The standard InChI is InChI=1S/C23H29NO3.C4H4O4/c1-24(2)17-21(23(26)15-7-4-8-16-23)18-11-13-20(14-12-18)27-22(25)19-9-5-3-6-10-19;5-3(6)1-2-4(7)8/h3,5-6,9-14,21,26H,4,7-8,15-17H2,1-2H3;1-2H,(H,5,6)(H,7,8)/b;2-1+. The van der Waals surface area contributed by atoms with E-state index in [1.165, 1.54) is 6.42 Å². The molecular formula is C27H33NO7. The third-order valence-electron chi connectivity index (χ3n) is 5.79. The lowest BCUT2D eigenvalue weighted by molar-refractivity contribution is -0.134. The minimum atomic E-state index is -1.26. The number of aliphatic hydroxyl groups is 1. The Labute approximate surface area is 205 Å². The third kappa shape index (κ3) is 9.35. The average molecular weight is 484 g/mol. The first kappa shape index (κ1) is 27.8. The summed E-state index contributed by atoms with van der Waals surface area (Å²) in [5.41, 5.74) is 0.960. The van der Waals surface area contributed by atoms with Crippen LogP contribution in [0.1, 0.15) is 53.9 Å². The highest BCUT2D eigenvalue weighted by Gasteiger charge is 2.38. The number of hydrogen-bond acceptors (Lipinski definition) is 6. The number of hydrogen-bond donors (Lipinski definition) is 3. The Kier molecular flexibility index (Phi) is 10.6. The maximum Gasteiger partial charge on any atom is 0.343 e. The number of esters is 1. The highest BCUT2D eigenvalue weighted by molar-refractivity contribution is 5.91. The molecule has 188 valence electrons. The summed E-state index contributed by atoms with van der Waals surface area (Å²) in [6.07, 6.45) is 6.16. The van der Waals surface area contributed by atoms with Crippen molar-refractivity contribution in [1.82, 2.24) is 4.90 Å². The van der Waals surface area contributed by atoms with E-state index < -0.39 is 17.5 Å². The predicted molar refractivity (Wildman–Crippen MR) is 132 cm³/mol. The molecule has 0 aliphatic heterocycles. The van der Waals surface area contributed by atoms with Crippen LogP contribution in [0.4, 0.5) is 0 Å². The molecule has 1 aliphatic carbocycles. The molecule has 35 heavy (non-hydrogen) atoms. The van der Waals surface area contributed by atoms with E-state index >= 15 is 0 Å². The number of rotatable bonds is 8. The van der Waals surface area contributed by atoms with Crippen LogP contribution in [-0.2, 0) is 9.59 Å². The molecule has 1 saturated carbocycles. The topological polar surface area (TPSA) is 124 Å². The first-order valence-electron chi connectivity index (χ1n) is 11.5.